The monoisotopic (exact) mass is 354 g/mol. The van der Waals surface area contributed by atoms with Gasteiger partial charge >= 0.3 is 0 Å². The van der Waals surface area contributed by atoms with Crippen molar-refractivity contribution in [3.05, 3.63) is 17.5 Å². The van der Waals surface area contributed by atoms with Crippen LogP contribution in [0.4, 0.5) is 0 Å². The van der Waals surface area contributed by atoms with Crippen LogP contribution in [0.2, 0.25) is 0 Å². The Bertz CT molecular complexity index is 586. The number of hydrogen-bond donors (Lipinski definition) is 1. The first kappa shape index (κ1) is 19.3. The Morgan fingerprint density at radius 3 is 2.54 bits per heavy atom. The number of carbonyl (C=O) groups excluding carboxylic acids is 1. The van der Waals surface area contributed by atoms with Crippen LogP contribution in [-0.2, 0) is 5.54 Å². The maximum atomic E-state index is 12.9. The number of halogens is 1. The molecule has 0 spiro atoms. The Hall–Kier alpha value is -1.07. The van der Waals surface area contributed by atoms with E-state index in [1.165, 1.54) is 18.5 Å². The second kappa shape index (κ2) is 7.04. The van der Waals surface area contributed by atoms with Gasteiger partial charge in [-0.3, -0.25) is 9.48 Å². The fraction of sp³-hybridized carbons (Fsp3) is 0.778. The maximum Gasteiger partial charge on any atom is 0.274 e. The third-order valence-electron chi connectivity index (χ3n) is 5.08. The van der Waals surface area contributed by atoms with Crippen molar-refractivity contribution >= 4 is 18.3 Å². The molecule has 1 saturated carbocycles. The molecule has 1 saturated heterocycles. The van der Waals surface area contributed by atoms with E-state index in [1.807, 2.05) is 17.9 Å². The number of piperidine rings is 1. The molecule has 1 aliphatic heterocycles. The van der Waals surface area contributed by atoms with Crippen LogP contribution in [-0.4, -0.2) is 39.7 Å². The number of carbonyl (C=O) groups is 1. The van der Waals surface area contributed by atoms with E-state index in [1.54, 1.807) is 0 Å². The predicted octanol–water partition coefficient (Wildman–Crippen LogP) is 3.14. The predicted molar refractivity (Wildman–Crippen MR) is 98.7 cm³/mol. The minimum Gasteiger partial charge on any atom is -0.337 e. The molecule has 1 amide bonds. The Morgan fingerprint density at radius 1 is 1.33 bits per heavy atom. The Labute approximate surface area is 151 Å². The van der Waals surface area contributed by atoms with Gasteiger partial charge in [0.2, 0.25) is 0 Å². The van der Waals surface area contributed by atoms with Crippen LogP contribution in [0.25, 0.3) is 0 Å². The van der Waals surface area contributed by atoms with Crippen molar-refractivity contribution in [2.45, 2.75) is 70.9 Å². The molecule has 2 unspecified atom stereocenters. The molecule has 24 heavy (non-hydrogen) atoms. The lowest BCUT2D eigenvalue weighted by atomic mass is 9.92. The molecule has 6 heteroatoms. The summed E-state index contributed by atoms with van der Waals surface area (Å²) < 4.78 is 2.06. The second-order valence-electron chi connectivity index (χ2n) is 8.32. The van der Waals surface area contributed by atoms with E-state index in [0.29, 0.717) is 17.5 Å². The van der Waals surface area contributed by atoms with Gasteiger partial charge in [-0.15, -0.1) is 12.4 Å². The molecule has 1 aromatic heterocycles. The van der Waals surface area contributed by atoms with Gasteiger partial charge in [-0.25, -0.2) is 0 Å². The first-order chi connectivity index (χ1) is 10.8. The molecule has 2 aliphatic rings. The molecular weight excluding hydrogens is 324 g/mol. The van der Waals surface area contributed by atoms with E-state index in [2.05, 4.69) is 30.6 Å². The average molecular weight is 355 g/mol. The highest BCUT2D eigenvalue weighted by atomic mass is 35.5. The second-order valence-corrected chi connectivity index (χ2v) is 8.32. The summed E-state index contributed by atoms with van der Waals surface area (Å²) in [4.78, 5) is 14.9. The number of nitrogens with two attached hydrogens (primary N) is 1. The zero-order chi connectivity index (χ0) is 16.8. The van der Waals surface area contributed by atoms with Gasteiger partial charge in [-0.2, -0.15) is 5.10 Å². The Balaban J connectivity index is 0.00000208. The molecule has 1 aromatic rings. The highest BCUT2D eigenvalue weighted by Gasteiger charge is 2.34. The van der Waals surface area contributed by atoms with Gasteiger partial charge in [0.25, 0.3) is 5.91 Å². The zero-order valence-electron chi connectivity index (χ0n) is 15.3. The lowest BCUT2D eigenvalue weighted by Gasteiger charge is -2.34. The quantitative estimate of drug-likeness (QED) is 0.906. The van der Waals surface area contributed by atoms with Gasteiger partial charge in [0, 0.05) is 30.7 Å². The summed E-state index contributed by atoms with van der Waals surface area (Å²) in [6.07, 6.45) is 4.58. The summed E-state index contributed by atoms with van der Waals surface area (Å²) in [5, 5.41) is 4.68. The van der Waals surface area contributed by atoms with E-state index in [-0.39, 0.29) is 29.9 Å². The van der Waals surface area contributed by atoms with Gasteiger partial charge in [0.15, 0.2) is 5.69 Å². The smallest absolute Gasteiger partial charge is 0.274 e. The fourth-order valence-corrected chi connectivity index (χ4v) is 3.49. The van der Waals surface area contributed by atoms with Crippen LogP contribution in [0.15, 0.2) is 6.07 Å². The van der Waals surface area contributed by atoms with E-state index in [4.69, 9.17) is 5.73 Å². The van der Waals surface area contributed by atoms with Crippen molar-refractivity contribution in [1.82, 2.24) is 14.7 Å². The molecule has 1 aliphatic carbocycles. The van der Waals surface area contributed by atoms with E-state index in [0.717, 1.165) is 25.9 Å². The van der Waals surface area contributed by atoms with Crippen molar-refractivity contribution in [3.63, 3.8) is 0 Å². The van der Waals surface area contributed by atoms with Crippen molar-refractivity contribution in [2.24, 2.45) is 11.7 Å². The van der Waals surface area contributed by atoms with E-state index in [9.17, 15) is 4.79 Å². The molecule has 2 heterocycles. The molecule has 136 valence electrons. The van der Waals surface area contributed by atoms with Crippen molar-refractivity contribution in [3.8, 4) is 0 Å². The van der Waals surface area contributed by atoms with Gasteiger partial charge in [-0.1, -0.05) is 0 Å². The zero-order valence-corrected chi connectivity index (χ0v) is 16.1. The molecule has 2 fully saturated rings. The van der Waals surface area contributed by atoms with Crippen LogP contribution in [0.5, 0.6) is 0 Å². The lowest BCUT2D eigenvalue weighted by Crippen LogP contribution is -2.45. The normalized spacial score (nSPS) is 22.9. The minimum absolute atomic E-state index is 0. The topological polar surface area (TPSA) is 64.2 Å². The van der Waals surface area contributed by atoms with Gasteiger partial charge < -0.3 is 10.6 Å². The molecule has 2 atom stereocenters. The summed E-state index contributed by atoms with van der Waals surface area (Å²) in [7, 11) is 0. The number of nitrogens with zero attached hydrogens (tertiary/aromatic N) is 3. The van der Waals surface area contributed by atoms with Crippen molar-refractivity contribution < 1.29 is 4.79 Å². The van der Waals surface area contributed by atoms with Crippen LogP contribution in [0.1, 0.15) is 75.5 Å². The largest absolute Gasteiger partial charge is 0.337 e. The molecule has 0 aromatic carbocycles. The average Bonchev–Trinajstić information content (AvgIpc) is 3.23. The third-order valence-corrected chi connectivity index (χ3v) is 5.08. The SMILES string of the molecule is CC(N)C1CCCN(C(=O)c2cc(C3CC3)n(C(C)(C)C)n2)C1.Cl. The van der Waals surface area contributed by atoms with Crippen LogP contribution >= 0.6 is 12.4 Å². The Kier molecular flexibility index (Phi) is 5.65. The highest BCUT2D eigenvalue weighted by Crippen LogP contribution is 2.41. The number of aromatic nitrogens is 2. The molecule has 0 radical (unpaired) electrons. The summed E-state index contributed by atoms with van der Waals surface area (Å²) in [6.45, 7) is 10.1. The first-order valence-corrected chi connectivity index (χ1v) is 8.92. The molecule has 3 rings (SSSR count). The van der Waals surface area contributed by atoms with Crippen LogP contribution in [0, 0.1) is 5.92 Å². The Morgan fingerprint density at radius 2 is 2.00 bits per heavy atom. The highest BCUT2D eigenvalue weighted by molar-refractivity contribution is 5.92. The summed E-state index contributed by atoms with van der Waals surface area (Å²) in [6, 6.07) is 2.17. The minimum atomic E-state index is -0.0906. The van der Waals surface area contributed by atoms with Gasteiger partial charge in [0.1, 0.15) is 0 Å². The lowest BCUT2D eigenvalue weighted by molar-refractivity contribution is 0.0653. The van der Waals surface area contributed by atoms with Gasteiger partial charge in [-0.05, 0) is 65.4 Å². The number of likely N-dealkylation sites (tertiary alicyclic amines) is 1. The van der Waals surface area contributed by atoms with E-state index < -0.39 is 0 Å². The molecule has 0 bridgehead atoms. The fourth-order valence-electron chi connectivity index (χ4n) is 3.49. The van der Waals surface area contributed by atoms with Gasteiger partial charge in [0.05, 0.1) is 5.54 Å². The van der Waals surface area contributed by atoms with Crippen molar-refractivity contribution in [2.75, 3.05) is 13.1 Å². The summed E-state index contributed by atoms with van der Waals surface area (Å²) in [5.41, 5.74) is 7.78. The van der Waals surface area contributed by atoms with Crippen LogP contribution in [0.3, 0.4) is 0 Å². The molecule has 2 N–H and O–H groups in total. The standard InChI is InChI=1S/C18H30N4O.ClH/c1-12(19)14-6-5-9-21(11-14)17(23)15-10-16(13-7-8-13)22(20-15)18(2,3)4;/h10,12-14H,5-9,11,19H2,1-4H3;1H. The number of hydrogen-bond acceptors (Lipinski definition) is 3. The maximum absolute atomic E-state index is 12.9. The van der Waals surface area contributed by atoms with E-state index >= 15 is 0 Å². The van der Waals surface area contributed by atoms with Crippen molar-refractivity contribution in [1.29, 1.82) is 0 Å². The summed E-state index contributed by atoms with van der Waals surface area (Å²) in [5.74, 6) is 1.06. The molecular formula is C18H31ClN4O. The third kappa shape index (κ3) is 3.94. The first-order valence-electron chi connectivity index (χ1n) is 8.92. The summed E-state index contributed by atoms with van der Waals surface area (Å²) >= 11 is 0. The number of amides is 1. The molecule has 5 nitrogen and oxygen atoms in total. The van der Waals surface area contributed by atoms with Crippen LogP contribution < -0.4 is 5.73 Å². The number of rotatable bonds is 3.